The van der Waals surface area contributed by atoms with Crippen LogP contribution < -0.4 is 5.32 Å². The average Bonchev–Trinajstić information content (AvgIpc) is 2.90. The summed E-state index contributed by atoms with van der Waals surface area (Å²) in [6.07, 6.45) is -1.71. The quantitative estimate of drug-likeness (QED) is 0.442. The summed E-state index contributed by atoms with van der Waals surface area (Å²) in [5.74, 6) is 0.287. The first-order valence-corrected chi connectivity index (χ1v) is 9.09. The van der Waals surface area contributed by atoms with Crippen LogP contribution in [0.3, 0.4) is 0 Å². The SMILES string of the molecule is Cc1nc(Cl)c(/N=N/c2ccc(Cl)cc2)c(N[C@@H]2C[C@H](CO)[C@@H](O)[C@H]2O)n1. The summed E-state index contributed by atoms with van der Waals surface area (Å²) in [6, 6.07) is 6.25. The molecule has 3 rings (SSSR count). The normalized spacial score (nSPS) is 25.3. The maximum absolute atomic E-state index is 10.2. The Morgan fingerprint density at radius 1 is 1.11 bits per heavy atom. The highest BCUT2D eigenvalue weighted by Gasteiger charge is 2.41. The van der Waals surface area contributed by atoms with Crippen LogP contribution in [0.2, 0.25) is 10.2 Å². The van der Waals surface area contributed by atoms with Crippen LogP contribution in [0.15, 0.2) is 34.5 Å². The van der Waals surface area contributed by atoms with Gasteiger partial charge in [0.25, 0.3) is 0 Å². The van der Waals surface area contributed by atoms with E-state index in [0.29, 0.717) is 28.8 Å². The zero-order valence-electron chi connectivity index (χ0n) is 14.4. The summed E-state index contributed by atoms with van der Waals surface area (Å²) in [7, 11) is 0. The van der Waals surface area contributed by atoms with E-state index in [0.717, 1.165) is 0 Å². The number of aromatic nitrogens is 2. The lowest BCUT2D eigenvalue weighted by molar-refractivity contribution is 0.00446. The highest BCUT2D eigenvalue weighted by atomic mass is 35.5. The van der Waals surface area contributed by atoms with E-state index < -0.39 is 24.2 Å². The minimum atomic E-state index is -1.06. The largest absolute Gasteiger partial charge is 0.396 e. The minimum Gasteiger partial charge on any atom is -0.396 e. The Morgan fingerprint density at radius 2 is 1.81 bits per heavy atom. The van der Waals surface area contributed by atoms with Crippen molar-refractivity contribution >= 4 is 40.4 Å². The average molecular weight is 412 g/mol. The standard InChI is InChI=1S/C17H19Cl2N5O3/c1-8-20-16(19)13(24-23-11-4-2-10(18)3-5-11)17(21-8)22-12-6-9(7-25)14(26)15(12)27/h2-5,9,12,14-15,25-27H,6-7H2,1H3,(H,20,21,22)/b24-23+/t9-,12-,14-,15+/m1/s1. The molecule has 27 heavy (non-hydrogen) atoms. The Hall–Kier alpha value is -1.84. The van der Waals surface area contributed by atoms with E-state index >= 15 is 0 Å². The first-order valence-electron chi connectivity index (χ1n) is 8.34. The van der Waals surface area contributed by atoms with Crippen molar-refractivity contribution in [2.45, 2.75) is 31.6 Å². The second-order valence-corrected chi connectivity index (χ2v) is 7.14. The molecule has 2 aromatic rings. The number of hydrogen-bond donors (Lipinski definition) is 4. The summed E-state index contributed by atoms with van der Waals surface area (Å²) >= 11 is 12.1. The smallest absolute Gasteiger partial charge is 0.165 e. The molecule has 0 amide bonds. The minimum absolute atomic E-state index is 0.106. The molecule has 1 heterocycles. The predicted octanol–water partition coefficient (Wildman–Crippen LogP) is 3.02. The topological polar surface area (TPSA) is 123 Å². The van der Waals surface area contributed by atoms with Gasteiger partial charge in [0.1, 0.15) is 11.9 Å². The number of hydrogen-bond acceptors (Lipinski definition) is 8. The molecule has 1 saturated carbocycles. The fraction of sp³-hybridized carbons (Fsp3) is 0.412. The molecule has 144 valence electrons. The van der Waals surface area contributed by atoms with E-state index in [1.165, 1.54) is 0 Å². The first kappa shape index (κ1) is 19.9. The molecule has 1 aromatic heterocycles. The number of azo groups is 1. The van der Waals surface area contributed by atoms with Crippen LogP contribution in [0, 0.1) is 12.8 Å². The van der Waals surface area contributed by atoms with Crippen molar-refractivity contribution in [1.29, 1.82) is 0 Å². The van der Waals surface area contributed by atoms with Crippen LogP contribution in [0.1, 0.15) is 12.2 Å². The molecule has 0 bridgehead atoms. The van der Waals surface area contributed by atoms with Crippen molar-refractivity contribution < 1.29 is 15.3 Å². The van der Waals surface area contributed by atoms with Gasteiger partial charge >= 0.3 is 0 Å². The van der Waals surface area contributed by atoms with Gasteiger partial charge < -0.3 is 20.6 Å². The van der Waals surface area contributed by atoms with E-state index in [-0.39, 0.29) is 17.4 Å². The van der Waals surface area contributed by atoms with Crippen LogP contribution in [-0.2, 0) is 0 Å². The molecule has 1 aliphatic carbocycles. The number of nitrogens with one attached hydrogen (secondary N) is 1. The molecule has 4 atom stereocenters. The lowest BCUT2D eigenvalue weighted by atomic mass is 10.1. The van der Waals surface area contributed by atoms with E-state index in [1.807, 2.05) is 0 Å². The summed E-state index contributed by atoms with van der Waals surface area (Å²) < 4.78 is 0. The van der Waals surface area contributed by atoms with E-state index in [4.69, 9.17) is 23.2 Å². The molecule has 1 aliphatic rings. The number of anilines is 1. The molecule has 1 fully saturated rings. The van der Waals surface area contributed by atoms with Crippen molar-refractivity contribution in [2.75, 3.05) is 11.9 Å². The van der Waals surface area contributed by atoms with Gasteiger partial charge in [-0.25, -0.2) is 9.97 Å². The van der Waals surface area contributed by atoms with Crippen LogP contribution in [0.25, 0.3) is 0 Å². The van der Waals surface area contributed by atoms with Gasteiger partial charge in [0.05, 0.1) is 17.8 Å². The molecular formula is C17H19Cl2N5O3. The van der Waals surface area contributed by atoms with Crippen molar-refractivity contribution in [3.8, 4) is 0 Å². The van der Waals surface area contributed by atoms with Crippen LogP contribution in [0.5, 0.6) is 0 Å². The van der Waals surface area contributed by atoms with Crippen LogP contribution in [0.4, 0.5) is 17.2 Å². The second-order valence-electron chi connectivity index (χ2n) is 6.35. The Morgan fingerprint density at radius 3 is 2.44 bits per heavy atom. The fourth-order valence-corrected chi connectivity index (χ4v) is 3.34. The number of benzene rings is 1. The van der Waals surface area contributed by atoms with Crippen molar-refractivity contribution in [3.63, 3.8) is 0 Å². The van der Waals surface area contributed by atoms with Crippen LogP contribution >= 0.6 is 23.2 Å². The molecule has 10 heteroatoms. The highest BCUT2D eigenvalue weighted by molar-refractivity contribution is 6.32. The number of aliphatic hydroxyl groups is 3. The molecule has 0 aliphatic heterocycles. The molecule has 1 aromatic carbocycles. The Labute approximate surface area is 165 Å². The Balaban J connectivity index is 1.88. The summed E-state index contributed by atoms with van der Waals surface area (Å²) in [4.78, 5) is 8.39. The Kier molecular flexibility index (Phi) is 6.23. The van der Waals surface area contributed by atoms with E-state index in [2.05, 4.69) is 25.5 Å². The van der Waals surface area contributed by atoms with E-state index in [9.17, 15) is 15.3 Å². The van der Waals surface area contributed by atoms with Gasteiger partial charge in [0.2, 0.25) is 0 Å². The fourth-order valence-electron chi connectivity index (χ4n) is 2.96. The molecule has 0 unspecified atom stereocenters. The monoisotopic (exact) mass is 411 g/mol. The molecule has 0 spiro atoms. The molecular weight excluding hydrogens is 393 g/mol. The number of halogens is 2. The predicted molar refractivity (Wildman–Crippen MR) is 102 cm³/mol. The first-order chi connectivity index (χ1) is 12.9. The van der Waals surface area contributed by atoms with Gasteiger partial charge in [-0.2, -0.15) is 5.11 Å². The van der Waals surface area contributed by atoms with Gasteiger partial charge in [0, 0.05) is 17.5 Å². The van der Waals surface area contributed by atoms with Crippen molar-refractivity contribution in [2.24, 2.45) is 16.1 Å². The van der Waals surface area contributed by atoms with Gasteiger partial charge in [0.15, 0.2) is 16.7 Å². The third kappa shape index (κ3) is 4.53. The van der Waals surface area contributed by atoms with E-state index in [1.54, 1.807) is 31.2 Å². The highest BCUT2D eigenvalue weighted by Crippen LogP contribution is 2.35. The zero-order chi connectivity index (χ0) is 19.6. The van der Waals surface area contributed by atoms with Gasteiger partial charge in [-0.3, -0.25) is 0 Å². The number of rotatable bonds is 5. The summed E-state index contributed by atoms with van der Waals surface area (Å²) in [6.45, 7) is 1.46. The van der Waals surface area contributed by atoms with Crippen LogP contribution in [-0.4, -0.2) is 50.1 Å². The summed E-state index contributed by atoms with van der Waals surface area (Å²) in [5, 5.41) is 41.5. The zero-order valence-corrected chi connectivity index (χ0v) is 15.9. The molecule has 0 radical (unpaired) electrons. The molecule has 0 saturated heterocycles. The van der Waals surface area contributed by atoms with Gasteiger partial charge in [-0.1, -0.05) is 23.2 Å². The van der Waals surface area contributed by atoms with Gasteiger partial charge in [-0.15, -0.1) is 5.11 Å². The third-order valence-electron chi connectivity index (χ3n) is 4.40. The molecule has 4 N–H and O–H groups in total. The number of aliphatic hydroxyl groups excluding tert-OH is 3. The number of aryl methyl sites for hydroxylation is 1. The maximum atomic E-state index is 10.2. The maximum Gasteiger partial charge on any atom is 0.165 e. The number of nitrogens with zero attached hydrogens (tertiary/aromatic N) is 4. The summed E-state index contributed by atoms with van der Waals surface area (Å²) in [5.41, 5.74) is 0.782. The van der Waals surface area contributed by atoms with Gasteiger partial charge in [-0.05, 0) is 37.6 Å². The second kappa shape index (κ2) is 8.45. The van der Waals surface area contributed by atoms with Crippen molar-refractivity contribution in [1.82, 2.24) is 9.97 Å². The lowest BCUT2D eigenvalue weighted by Crippen LogP contribution is -2.35. The molecule has 8 nitrogen and oxygen atoms in total. The third-order valence-corrected chi connectivity index (χ3v) is 4.92. The van der Waals surface area contributed by atoms with Crippen molar-refractivity contribution in [3.05, 3.63) is 40.3 Å². The lowest BCUT2D eigenvalue weighted by Gasteiger charge is -2.19. The Bertz CT molecular complexity index is 834.